The highest BCUT2D eigenvalue weighted by molar-refractivity contribution is 5.63. The molecule has 1 aliphatic rings. The molecule has 0 saturated carbocycles. The highest BCUT2D eigenvalue weighted by atomic mass is 16.5. The predicted octanol–water partition coefficient (Wildman–Crippen LogP) is 2.73. The Morgan fingerprint density at radius 2 is 1.48 bits per heavy atom. The van der Waals surface area contributed by atoms with Crippen molar-refractivity contribution >= 4 is 0 Å². The summed E-state index contributed by atoms with van der Waals surface area (Å²) >= 11 is 0. The Bertz CT molecular complexity index is 622. The third-order valence-electron chi connectivity index (χ3n) is 4.78. The van der Waals surface area contributed by atoms with Crippen LogP contribution in [0.15, 0.2) is 54.6 Å². The molecule has 1 atom stereocenters. The van der Waals surface area contributed by atoms with Gasteiger partial charge >= 0.3 is 0 Å². The molecule has 0 aromatic heterocycles. The summed E-state index contributed by atoms with van der Waals surface area (Å²) in [4.78, 5) is 4.76. The van der Waals surface area contributed by atoms with Crippen molar-refractivity contribution < 1.29 is 9.84 Å². The third kappa shape index (κ3) is 5.30. The van der Waals surface area contributed by atoms with Crippen molar-refractivity contribution in [2.24, 2.45) is 0 Å². The second-order valence-electron chi connectivity index (χ2n) is 6.59. The van der Waals surface area contributed by atoms with E-state index >= 15 is 0 Å². The van der Waals surface area contributed by atoms with Crippen LogP contribution >= 0.6 is 0 Å². The Morgan fingerprint density at radius 3 is 2.12 bits per heavy atom. The van der Waals surface area contributed by atoms with Gasteiger partial charge in [0.1, 0.15) is 18.5 Å². The molecule has 3 rings (SSSR count). The standard InChI is InChI=1S/C21H28N2O2/c1-2-22-12-14-23(15-13-22)16-20(24)17-25-21-10-8-19(9-11-21)18-6-4-3-5-7-18/h3-11,20,24H,2,12-17H2,1H3/t20-/m0/s1. The summed E-state index contributed by atoms with van der Waals surface area (Å²) in [5.74, 6) is 0.800. The van der Waals surface area contributed by atoms with Crippen molar-refractivity contribution in [3.8, 4) is 16.9 Å². The maximum Gasteiger partial charge on any atom is 0.119 e. The highest BCUT2D eigenvalue weighted by Crippen LogP contribution is 2.22. The van der Waals surface area contributed by atoms with Crippen molar-refractivity contribution in [2.45, 2.75) is 13.0 Å². The molecule has 2 aromatic rings. The largest absolute Gasteiger partial charge is 0.491 e. The Balaban J connectivity index is 1.44. The summed E-state index contributed by atoms with van der Waals surface area (Å²) in [7, 11) is 0. The lowest BCUT2D eigenvalue weighted by Gasteiger charge is -2.34. The van der Waals surface area contributed by atoms with Crippen molar-refractivity contribution in [3.63, 3.8) is 0 Å². The second kappa shape index (κ2) is 8.99. The molecule has 1 heterocycles. The quantitative estimate of drug-likeness (QED) is 0.841. The topological polar surface area (TPSA) is 35.9 Å². The highest BCUT2D eigenvalue weighted by Gasteiger charge is 2.18. The lowest BCUT2D eigenvalue weighted by Crippen LogP contribution is -2.49. The van der Waals surface area contributed by atoms with Gasteiger partial charge in [0.25, 0.3) is 0 Å². The van der Waals surface area contributed by atoms with Gasteiger partial charge in [0.2, 0.25) is 0 Å². The molecule has 1 aliphatic heterocycles. The number of hydrogen-bond acceptors (Lipinski definition) is 4. The molecule has 1 N–H and O–H groups in total. The van der Waals surface area contributed by atoms with E-state index in [0.29, 0.717) is 13.2 Å². The van der Waals surface area contributed by atoms with Gasteiger partial charge in [0, 0.05) is 32.7 Å². The molecule has 1 fully saturated rings. The average Bonchev–Trinajstić information content (AvgIpc) is 2.68. The van der Waals surface area contributed by atoms with E-state index in [2.05, 4.69) is 41.0 Å². The lowest BCUT2D eigenvalue weighted by atomic mass is 10.1. The molecule has 0 unspecified atom stereocenters. The van der Waals surface area contributed by atoms with E-state index in [0.717, 1.165) is 38.5 Å². The van der Waals surface area contributed by atoms with Crippen LogP contribution in [0.3, 0.4) is 0 Å². The van der Waals surface area contributed by atoms with Crippen LogP contribution in [0.2, 0.25) is 0 Å². The van der Waals surface area contributed by atoms with Crippen LogP contribution in [0.25, 0.3) is 11.1 Å². The van der Waals surface area contributed by atoms with Crippen molar-refractivity contribution in [3.05, 3.63) is 54.6 Å². The fourth-order valence-electron chi connectivity index (χ4n) is 3.21. The fraction of sp³-hybridized carbons (Fsp3) is 0.429. The molecule has 4 nitrogen and oxygen atoms in total. The molecule has 0 amide bonds. The van der Waals surface area contributed by atoms with Crippen LogP contribution in [0.5, 0.6) is 5.75 Å². The number of benzene rings is 2. The number of piperazine rings is 1. The molecular formula is C21H28N2O2. The SMILES string of the molecule is CCN1CCN(C[C@H](O)COc2ccc(-c3ccccc3)cc2)CC1. The van der Waals surface area contributed by atoms with Crippen molar-refractivity contribution in [2.75, 3.05) is 45.9 Å². The van der Waals surface area contributed by atoms with Gasteiger partial charge in [0.15, 0.2) is 0 Å². The Morgan fingerprint density at radius 1 is 0.880 bits per heavy atom. The maximum absolute atomic E-state index is 10.2. The van der Waals surface area contributed by atoms with E-state index in [9.17, 15) is 5.11 Å². The Hall–Kier alpha value is -1.88. The zero-order valence-electron chi connectivity index (χ0n) is 15.0. The first-order valence-corrected chi connectivity index (χ1v) is 9.15. The number of β-amino-alcohol motifs (C(OH)–C–C–N with tert-alkyl or cyclic N) is 1. The summed E-state index contributed by atoms with van der Waals surface area (Å²) in [6.07, 6.45) is -0.457. The minimum Gasteiger partial charge on any atom is -0.491 e. The van der Waals surface area contributed by atoms with Crippen LogP contribution in [-0.4, -0.2) is 66.9 Å². The maximum atomic E-state index is 10.2. The first-order chi connectivity index (χ1) is 12.2. The summed E-state index contributed by atoms with van der Waals surface area (Å²) < 4.78 is 5.76. The lowest BCUT2D eigenvalue weighted by molar-refractivity contribution is 0.0471. The molecule has 25 heavy (non-hydrogen) atoms. The third-order valence-corrected chi connectivity index (χ3v) is 4.78. The molecule has 4 heteroatoms. The van der Waals surface area contributed by atoms with Crippen LogP contribution in [0, 0.1) is 0 Å². The number of ether oxygens (including phenoxy) is 1. The summed E-state index contributed by atoms with van der Waals surface area (Å²) in [5, 5.41) is 10.2. The minimum atomic E-state index is -0.457. The van der Waals surface area contributed by atoms with Crippen molar-refractivity contribution in [1.82, 2.24) is 9.80 Å². The van der Waals surface area contributed by atoms with Gasteiger partial charge in [-0.2, -0.15) is 0 Å². The minimum absolute atomic E-state index is 0.332. The normalized spacial score (nSPS) is 17.4. The smallest absolute Gasteiger partial charge is 0.119 e. The molecule has 134 valence electrons. The van der Waals surface area contributed by atoms with Crippen LogP contribution in [0.4, 0.5) is 0 Å². The first kappa shape index (κ1) is 17.9. The predicted molar refractivity (Wildman–Crippen MR) is 102 cm³/mol. The molecule has 0 spiro atoms. The van der Waals surface area contributed by atoms with E-state index in [1.807, 2.05) is 30.3 Å². The van der Waals surface area contributed by atoms with Gasteiger partial charge in [-0.15, -0.1) is 0 Å². The molecule has 0 radical (unpaired) electrons. The van der Waals surface area contributed by atoms with Crippen molar-refractivity contribution in [1.29, 1.82) is 0 Å². The average molecular weight is 340 g/mol. The van der Waals surface area contributed by atoms with Gasteiger partial charge in [0.05, 0.1) is 0 Å². The van der Waals surface area contributed by atoms with E-state index < -0.39 is 6.10 Å². The van der Waals surface area contributed by atoms with E-state index in [1.165, 1.54) is 11.1 Å². The summed E-state index contributed by atoms with van der Waals surface area (Å²) in [6.45, 7) is 8.54. The number of rotatable bonds is 7. The number of nitrogens with zero attached hydrogens (tertiary/aromatic N) is 2. The first-order valence-electron chi connectivity index (χ1n) is 9.15. The fourth-order valence-corrected chi connectivity index (χ4v) is 3.21. The van der Waals surface area contributed by atoms with Crippen LogP contribution in [0.1, 0.15) is 6.92 Å². The van der Waals surface area contributed by atoms with E-state index in [4.69, 9.17) is 4.74 Å². The number of aliphatic hydroxyl groups is 1. The molecular weight excluding hydrogens is 312 g/mol. The van der Waals surface area contributed by atoms with Gasteiger partial charge in [-0.3, -0.25) is 4.90 Å². The van der Waals surface area contributed by atoms with Gasteiger partial charge in [-0.25, -0.2) is 0 Å². The molecule has 1 saturated heterocycles. The van der Waals surface area contributed by atoms with Gasteiger partial charge in [-0.1, -0.05) is 49.4 Å². The Kier molecular flexibility index (Phi) is 6.45. The van der Waals surface area contributed by atoms with Gasteiger partial charge in [-0.05, 0) is 29.8 Å². The number of hydrogen-bond donors (Lipinski definition) is 1. The van der Waals surface area contributed by atoms with E-state index in [1.54, 1.807) is 0 Å². The van der Waals surface area contributed by atoms with Crippen LogP contribution in [-0.2, 0) is 0 Å². The van der Waals surface area contributed by atoms with Gasteiger partial charge < -0.3 is 14.7 Å². The molecule has 0 aliphatic carbocycles. The summed E-state index contributed by atoms with van der Waals surface area (Å²) in [5.41, 5.74) is 2.36. The summed E-state index contributed by atoms with van der Waals surface area (Å²) in [6, 6.07) is 18.3. The second-order valence-corrected chi connectivity index (χ2v) is 6.59. The molecule has 2 aromatic carbocycles. The monoisotopic (exact) mass is 340 g/mol. The number of aliphatic hydroxyl groups excluding tert-OH is 1. The zero-order valence-corrected chi connectivity index (χ0v) is 15.0. The number of likely N-dealkylation sites (N-methyl/N-ethyl adjacent to an activating group) is 1. The Labute approximate surface area is 150 Å². The zero-order chi connectivity index (χ0) is 17.5. The molecule has 0 bridgehead atoms. The van der Waals surface area contributed by atoms with Crippen LogP contribution < -0.4 is 4.74 Å². The van der Waals surface area contributed by atoms with E-state index in [-0.39, 0.29) is 0 Å².